The predicted molar refractivity (Wildman–Crippen MR) is 101 cm³/mol. The van der Waals surface area contributed by atoms with E-state index in [4.69, 9.17) is 9.47 Å². The number of ether oxygens (including phenoxy) is 2. The molecule has 1 aromatic carbocycles. The fourth-order valence-corrected chi connectivity index (χ4v) is 3.50. The average molecular weight is 377 g/mol. The number of aliphatic hydroxyl groups is 2. The van der Waals surface area contributed by atoms with Crippen LogP contribution >= 0.6 is 0 Å². The van der Waals surface area contributed by atoms with Crippen molar-refractivity contribution in [1.29, 1.82) is 0 Å². The van der Waals surface area contributed by atoms with Crippen molar-refractivity contribution >= 4 is 5.91 Å². The van der Waals surface area contributed by atoms with Crippen LogP contribution in [0.25, 0.3) is 0 Å². The minimum absolute atomic E-state index is 0.0445. The summed E-state index contributed by atoms with van der Waals surface area (Å²) in [5.41, 5.74) is -0.280. The highest BCUT2D eigenvalue weighted by molar-refractivity contribution is 5.85. The molecule has 6 heteroatoms. The van der Waals surface area contributed by atoms with Gasteiger partial charge in [0, 0.05) is 25.5 Å². The summed E-state index contributed by atoms with van der Waals surface area (Å²) in [5.74, 6) is 0.264. The third-order valence-corrected chi connectivity index (χ3v) is 5.28. The van der Waals surface area contributed by atoms with Gasteiger partial charge in [0.25, 0.3) is 5.91 Å². The van der Waals surface area contributed by atoms with E-state index in [1.54, 1.807) is 0 Å². The molecule has 3 rings (SSSR count). The first-order chi connectivity index (χ1) is 12.9. The Labute approximate surface area is 160 Å². The summed E-state index contributed by atoms with van der Waals surface area (Å²) in [6, 6.07) is 9.57. The molecule has 2 aliphatic carbocycles. The second kappa shape index (κ2) is 8.69. The van der Waals surface area contributed by atoms with E-state index in [1.165, 1.54) is 0 Å². The van der Waals surface area contributed by atoms with Crippen molar-refractivity contribution in [2.75, 3.05) is 6.61 Å². The van der Waals surface area contributed by atoms with Gasteiger partial charge in [-0.15, -0.1) is 0 Å². The van der Waals surface area contributed by atoms with Crippen molar-refractivity contribution in [2.45, 2.75) is 76.1 Å². The number of benzene rings is 1. The van der Waals surface area contributed by atoms with Crippen LogP contribution in [0.1, 0.15) is 45.1 Å². The molecule has 1 aromatic rings. The number of nitrogens with one attached hydrogen (secondary N) is 1. The fraction of sp³-hybridized carbons (Fsp3) is 0.667. The largest absolute Gasteiger partial charge is 0.390 e. The standard InChI is InChI=1S/C21H31NO5/c1-14(2)22-20(25)21(27-13-15-6-4-3-5-7-15)10-17(23)19(24)18(11-21)26-12-16-8-9-16/h3-7,14,16-19,23-24H,8-13H2,1-2H3,(H,22,25)/t17-,18+,19-,21+/m1/s1. The Balaban J connectivity index is 1.76. The number of carbonyl (C=O) groups excluding carboxylic acids is 1. The molecule has 0 heterocycles. The average Bonchev–Trinajstić information content (AvgIpc) is 3.46. The number of rotatable bonds is 8. The van der Waals surface area contributed by atoms with Crippen LogP contribution in [0.5, 0.6) is 0 Å². The molecule has 0 bridgehead atoms. The summed E-state index contributed by atoms with van der Waals surface area (Å²) < 4.78 is 12.0. The minimum Gasteiger partial charge on any atom is -0.390 e. The van der Waals surface area contributed by atoms with Gasteiger partial charge in [0.15, 0.2) is 5.60 Å². The van der Waals surface area contributed by atoms with Gasteiger partial charge in [-0.05, 0) is 38.2 Å². The van der Waals surface area contributed by atoms with Gasteiger partial charge in [0.05, 0.1) is 18.8 Å². The summed E-state index contributed by atoms with van der Waals surface area (Å²) in [7, 11) is 0. The number of aliphatic hydroxyl groups excluding tert-OH is 2. The van der Waals surface area contributed by atoms with E-state index < -0.39 is 23.9 Å². The van der Waals surface area contributed by atoms with E-state index >= 15 is 0 Å². The molecule has 1 amide bonds. The summed E-state index contributed by atoms with van der Waals surface area (Å²) in [4.78, 5) is 13.0. The van der Waals surface area contributed by atoms with Crippen LogP contribution in [-0.2, 0) is 20.9 Å². The zero-order chi connectivity index (χ0) is 19.4. The van der Waals surface area contributed by atoms with Crippen LogP contribution in [0, 0.1) is 5.92 Å². The molecule has 2 fully saturated rings. The van der Waals surface area contributed by atoms with Gasteiger partial charge < -0.3 is 25.0 Å². The lowest BCUT2D eigenvalue weighted by Gasteiger charge is -2.44. The Morgan fingerprint density at radius 2 is 1.93 bits per heavy atom. The SMILES string of the molecule is CC(C)NC(=O)[C@]1(OCc2ccccc2)C[C@@H](O)[C@@H](O)[C@@H](OCC2CC2)C1. The molecule has 0 unspecified atom stereocenters. The predicted octanol–water partition coefficient (Wildman–Crippen LogP) is 1.78. The Bertz CT molecular complexity index is 618. The van der Waals surface area contributed by atoms with Gasteiger partial charge in [0.1, 0.15) is 6.10 Å². The molecule has 4 atom stereocenters. The number of hydrogen-bond acceptors (Lipinski definition) is 5. The highest BCUT2D eigenvalue weighted by Gasteiger charge is 2.51. The molecular formula is C21H31NO5. The molecule has 0 saturated heterocycles. The van der Waals surface area contributed by atoms with Gasteiger partial charge in [-0.2, -0.15) is 0 Å². The summed E-state index contributed by atoms with van der Waals surface area (Å²) in [6.45, 7) is 4.58. The molecule has 0 spiro atoms. The second-order valence-corrected chi connectivity index (χ2v) is 8.18. The highest BCUT2D eigenvalue weighted by Crippen LogP contribution is 2.37. The maximum Gasteiger partial charge on any atom is 0.252 e. The monoisotopic (exact) mass is 377 g/mol. The summed E-state index contributed by atoms with van der Waals surface area (Å²) in [6.07, 6.45) is -0.167. The fourth-order valence-electron chi connectivity index (χ4n) is 3.50. The van der Waals surface area contributed by atoms with E-state index in [0.717, 1.165) is 18.4 Å². The van der Waals surface area contributed by atoms with Crippen molar-refractivity contribution < 1.29 is 24.5 Å². The molecule has 3 N–H and O–H groups in total. The van der Waals surface area contributed by atoms with Crippen LogP contribution in [0.3, 0.4) is 0 Å². The van der Waals surface area contributed by atoms with Gasteiger partial charge in [-0.25, -0.2) is 0 Å². The minimum atomic E-state index is -1.23. The molecule has 0 aliphatic heterocycles. The Morgan fingerprint density at radius 3 is 2.56 bits per heavy atom. The zero-order valence-corrected chi connectivity index (χ0v) is 16.1. The lowest BCUT2D eigenvalue weighted by molar-refractivity contribution is -0.199. The first-order valence-corrected chi connectivity index (χ1v) is 9.86. The van der Waals surface area contributed by atoms with Crippen LogP contribution in [-0.4, -0.2) is 52.7 Å². The third kappa shape index (κ3) is 5.29. The van der Waals surface area contributed by atoms with E-state index in [-0.39, 0.29) is 31.4 Å². The highest BCUT2D eigenvalue weighted by atomic mass is 16.5. The van der Waals surface area contributed by atoms with Crippen molar-refractivity contribution in [3.05, 3.63) is 35.9 Å². The smallest absolute Gasteiger partial charge is 0.252 e. The summed E-state index contributed by atoms with van der Waals surface area (Å²) in [5, 5.41) is 23.8. The maximum absolute atomic E-state index is 13.0. The molecule has 27 heavy (non-hydrogen) atoms. The molecule has 0 radical (unpaired) electrons. The number of hydrogen-bond donors (Lipinski definition) is 3. The topological polar surface area (TPSA) is 88.0 Å². The zero-order valence-electron chi connectivity index (χ0n) is 16.1. The molecule has 6 nitrogen and oxygen atoms in total. The van der Waals surface area contributed by atoms with Crippen LogP contribution < -0.4 is 5.32 Å². The molecule has 2 aliphatic rings. The molecule has 2 saturated carbocycles. The van der Waals surface area contributed by atoms with Crippen LogP contribution in [0.4, 0.5) is 0 Å². The van der Waals surface area contributed by atoms with Gasteiger partial charge in [-0.1, -0.05) is 30.3 Å². The van der Waals surface area contributed by atoms with Crippen molar-refractivity contribution in [2.24, 2.45) is 5.92 Å². The Morgan fingerprint density at radius 1 is 1.22 bits per heavy atom. The van der Waals surface area contributed by atoms with E-state index in [0.29, 0.717) is 12.5 Å². The Hall–Kier alpha value is -1.47. The molecule has 150 valence electrons. The summed E-state index contributed by atoms with van der Waals surface area (Å²) >= 11 is 0. The van der Waals surface area contributed by atoms with Crippen molar-refractivity contribution in [3.63, 3.8) is 0 Å². The van der Waals surface area contributed by atoms with Gasteiger partial charge in [0.2, 0.25) is 0 Å². The van der Waals surface area contributed by atoms with Crippen molar-refractivity contribution in [1.82, 2.24) is 5.32 Å². The van der Waals surface area contributed by atoms with Gasteiger partial charge in [-0.3, -0.25) is 4.79 Å². The van der Waals surface area contributed by atoms with Crippen LogP contribution in [0.2, 0.25) is 0 Å². The van der Waals surface area contributed by atoms with E-state index in [9.17, 15) is 15.0 Å². The molecule has 0 aromatic heterocycles. The van der Waals surface area contributed by atoms with E-state index in [1.807, 2.05) is 44.2 Å². The third-order valence-electron chi connectivity index (χ3n) is 5.28. The number of amides is 1. The lowest BCUT2D eigenvalue weighted by atomic mass is 9.78. The van der Waals surface area contributed by atoms with Crippen LogP contribution in [0.15, 0.2) is 30.3 Å². The molecular weight excluding hydrogens is 346 g/mol. The first-order valence-electron chi connectivity index (χ1n) is 9.86. The number of carbonyl (C=O) groups is 1. The van der Waals surface area contributed by atoms with Crippen molar-refractivity contribution in [3.8, 4) is 0 Å². The van der Waals surface area contributed by atoms with E-state index in [2.05, 4.69) is 5.32 Å². The van der Waals surface area contributed by atoms with Gasteiger partial charge >= 0.3 is 0 Å². The Kier molecular flexibility index (Phi) is 6.52. The maximum atomic E-state index is 13.0. The second-order valence-electron chi connectivity index (χ2n) is 8.18. The normalized spacial score (nSPS) is 31.1. The quantitative estimate of drug-likeness (QED) is 0.643. The first kappa shape index (κ1) is 20.3. The lowest BCUT2D eigenvalue weighted by Crippen LogP contribution is -2.61.